The van der Waals surface area contributed by atoms with Gasteiger partial charge in [0.25, 0.3) is 5.56 Å². The summed E-state index contributed by atoms with van der Waals surface area (Å²) in [6, 6.07) is 11.9. The molecule has 3 heterocycles. The van der Waals surface area contributed by atoms with Crippen molar-refractivity contribution in [2.24, 2.45) is 13.0 Å². The summed E-state index contributed by atoms with van der Waals surface area (Å²) in [4.78, 5) is 34.6. The van der Waals surface area contributed by atoms with Crippen LogP contribution >= 0.6 is 0 Å². The molecule has 0 amide bonds. The van der Waals surface area contributed by atoms with Crippen LogP contribution in [0.3, 0.4) is 0 Å². The molecule has 0 saturated carbocycles. The first-order valence-corrected chi connectivity index (χ1v) is 11.3. The van der Waals surface area contributed by atoms with Crippen LogP contribution < -0.4 is 10.3 Å². The molecule has 4 aromatic rings. The van der Waals surface area contributed by atoms with Gasteiger partial charge in [-0.3, -0.25) is 23.9 Å². The molecule has 0 unspecified atom stereocenters. The highest BCUT2D eigenvalue weighted by Gasteiger charge is 2.32. The van der Waals surface area contributed by atoms with Crippen molar-refractivity contribution in [3.63, 3.8) is 0 Å². The van der Waals surface area contributed by atoms with Gasteiger partial charge >= 0.3 is 12.6 Å². The summed E-state index contributed by atoms with van der Waals surface area (Å²) >= 11 is 0. The van der Waals surface area contributed by atoms with E-state index in [2.05, 4.69) is 14.7 Å². The maximum atomic E-state index is 12.9. The number of rotatable bonds is 8. The predicted molar refractivity (Wildman–Crippen MR) is 127 cm³/mol. The van der Waals surface area contributed by atoms with Gasteiger partial charge in [-0.25, -0.2) is 9.97 Å². The molecule has 9 nitrogen and oxygen atoms in total. The van der Waals surface area contributed by atoms with Gasteiger partial charge < -0.3 is 9.84 Å². The molecule has 0 radical (unpaired) electrons. The van der Waals surface area contributed by atoms with E-state index in [0.717, 1.165) is 11.1 Å². The minimum absolute atomic E-state index is 0.0545. The largest absolute Gasteiger partial charge is 0.481 e. The topological polar surface area (TPSA) is 102 Å². The molecule has 1 aliphatic rings. The average molecular weight is 495 g/mol. The van der Waals surface area contributed by atoms with E-state index in [1.165, 1.54) is 10.7 Å². The number of aromatic nitrogens is 4. The van der Waals surface area contributed by atoms with Crippen molar-refractivity contribution in [3.8, 4) is 16.9 Å². The smallest absolute Gasteiger partial charge is 0.387 e. The van der Waals surface area contributed by atoms with E-state index in [4.69, 9.17) is 5.11 Å². The molecule has 0 aliphatic carbocycles. The number of likely N-dealkylation sites (tertiary alicyclic amines) is 1. The van der Waals surface area contributed by atoms with Crippen molar-refractivity contribution < 1.29 is 23.4 Å². The lowest BCUT2D eigenvalue weighted by molar-refractivity contribution is -0.147. The van der Waals surface area contributed by atoms with Gasteiger partial charge in [0.2, 0.25) is 0 Å². The van der Waals surface area contributed by atoms with E-state index in [9.17, 15) is 18.4 Å². The number of fused-ring (bicyclic) bond motifs is 1. The lowest BCUT2D eigenvalue weighted by Crippen LogP contribution is -2.49. The molecule has 1 fully saturated rings. The zero-order valence-corrected chi connectivity index (χ0v) is 19.3. The highest BCUT2D eigenvalue weighted by atomic mass is 19.3. The third-order valence-corrected chi connectivity index (χ3v) is 6.38. The maximum absolute atomic E-state index is 12.9. The number of hydrogen-bond donors (Lipinski definition) is 1. The molecule has 0 spiro atoms. The number of hydrogen-bond acceptors (Lipinski definition) is 6. The minimum Gasteiger partial charge on any atom is -0.481 e. The van der Waals surface area contributed by atoms with Crippen LogP contribution in [-0.2, 0) is 24.9 Å². The van der Waals surface area contributed by atoms with E-state index < -0.39 is 12.6 Å². The van der Waals surface area contributed by atoms with Crippen LogP contribution in [0.5, 0.6) is 5.75 Å². The molecule has 0 bridgehead atoms. The van der Waals surface area contributed by atoms with Crippen LogP contribution in [0.15, 0.2) is 59.7 Å². The minimum atomic E-state index is -2.95. The van der Waals surface area contributed by atoms with Crippen molar-refractivity contribution >= 4 is 16.9 Å². The third-order valence-electron chi connectivity index (χ3n) is 6.38. The molecule has 1 aliphatic heterocycles. The number of carboxylic acids is 1. The zero-order valence-electron chi connectivity index (χ0n) is 19.3. The Hall–Kier alpha value is -4.12. The summed E-state index contributed by atoms with van der Waals surface area (Å²) in [5.41, 5.74) is 2.48. The van der Waals surface area contributed by atoms with Gasteiger partial charge in [-0.15, -0.1) is 0 Å². The van der Waals surface area contributed by atoms with Crippen LogP contribution in [0.1, 0.15) is 11.4 Å². The molecular formula is C25H23F2N5O4. The molecule has 186 valence electrons. The molecule has 5 rings (SSSR count). The fraction of sp³-hybridized carbons (Fsp3) is 0.280. The Balaban J connectivity index is 1.42. The van der Waals surface area contributed by atoms with Gasteiger partial charge in [-0.1, -0.05) is 24.3 Å². The van der Waals surface area contributed by atoms with Gasteiger partial charge in [-0.2, -0.15) is 8.78 Å². The summed E-state index contributed by atoms with van der Waals surface area (Å²) in [5.74, 6) is -0.481. The molecule has 36 heavy (non-hydrogen) atoms. The Bertz CT molecular complexity index is 1480. The molecule has 11 heteroatoms. The summed E-state index contributed by atoms with van der Waals surface area (Å²) in [6.07, 6.45) is 3.38. The number of carboxylic acid groups (broad SMARTS) is 1. The average Bonchev–Trinajstić information content (AvgIpc) is 3.06. The first-order chi connectivity index (χ1) is 17.3. The first kappa shape index (κ1) is 23.6. The van der Waals surface area contributed by atoms with E-state index in [0.29, 0.717) is 41.9 Å². The first-order valence-electron chi connectivity index (χ1n) is 11.3. The molecular weight excluding hydrogens is 472 g/mol. The summed E-state index contributed by atoms with van der Waals surface area (Å²) in [5, 5.41) is 9.50. The highest BCUT2D eigenvalue weighted by molar-refractivity contribution is 5.84. The van der Waals surface area contributed by atoms with Crippen LogP contribution in [0.2, 0.25) is 0 Å². The standard InChI is InChI=1S/C25H23F2N5O4/c1-30-23(33)19-7-6-15(17-9-28-22(29-10-17)14-31-11-18(12-31)24(34)35)8-20(19)32(30)13-16-4-2-3-5-21(16)36-25(26)27/h2-10,18,25H,11-14H2,1H3,(H,34,35). The van der Waals surface area contributed by atoms with Crippen molar-refractivity contribution in [2.75, 3.05) is 13.1 Å². The molecule has 0 atom stereocenters. The second-order valence-corrected chi connectivity index (χ2v) is 8.72. The van der Waals surface area contributed by atoms with E-state index in [1.807, 2.05) is 17.0 Å². The molecule has 1 saturated heterocycles. The number of halogens is 2. The quantitative estimate of drug-likeness (QED) is 0.401. The second-order valence-electron chi connectivity index (χ2n) is 8.72. The molecule has 1 N–H and O–H groups in total. The van der Waals surface area contributed by atoms with Crippen LogP contribution in [0.4, 0.5) is 8.78 Å². The van der Waals surface area contributed by atoms with Gasteiger partial charge in [-0.05, 0) is 23.8 Å². The van der Waals surface area contributed by atoms with Crippen molar-refractivity contribution in [1.29, 1.82) is 0 Å². The summed E-state index contributed by atoms with van der Waals surface area (Å²) < 4.78 is 33.5. The number of ether oxygens (including phenoxy) is 1. The molecule has 2 aromatic heterocycles. The fourth-order valence-corrected chi connectivity index (χ4v) is 4.39. The van der Waals surface area contributed by atoms with Gasteiger partial charge in [0.15, 0.2) is 0 Å². The zero-order chi connectivity index (χ0) is 25.4. The van der Waals surface area contributed by atoms with Gasteiger partial charge in [0, 0.05) is 43.7 Å². The van der Waals surface area contributed by atoms with Crippen LogP contribution in [-0.4, -0.2) is 55.0 Å². The van der Waals surface area contributed by atoms with Crippen molar-refractivity contribution in [2.45, 2.75) is 19.7 Å². The van der Waals surface area contributed by atoms with Gasteiger partial charge in [0.05, 0.1) is 29.9 Å². The Morgan fingerprint density at radius 2 is 1.83 bits per heavy atom. The second kappa shape index (κ2) is 9.50. The number of carbonyl (C=O) groups is 1. The summed E-state index contributed by atoms with van der Waals surface area (Å²) in [6.45, 7) is -1.36. The molecule has 2 aromatic carbocycles. The highest BCUT2D eigenvalue weighted by Crippen LogP contribution is 2.26. The monoisotopic (exact) mass is 495 g/mol. The summed E-state index contributed by atoms with van der Waals surface area (Å²) in [7, 11) is 1.63. The number of para-hydroxylation sites is 1. The Morgan fingerprint density at radius 1 is 1.11 bits per heavy atom. The Kier molecular flexibility index (Phi) is 6.23. The number of benzene rings is 2. The van der Waals surface area contributed by atoms with Crippen LogP contribution in [0.25, 0.3) is 22.0 Å². The lowest BCUT2D eigenvalue weighted by Gasteiger charge is -2.35. The predicted octanol–water partition coefficient (Wildman–Crippen LogP) is 2.96. The number of alkyl halides is 2. The van der Waals surface area contributed by atoms with Crippen LogP contribution in [0, 0.1) is 5.92 Å². The fourth-order valence-electron chi connectivity index (χ4n) is 4.39. The SMILES string of the molecule is Cn1c(=O)c2ccc(-c3cnc(CN4CC(C(=O)O)C4)nc3)cc2n1Cc1ccccc1OC(F)F. The van der Waals surface area contributed by atoms with Crippen molar-refractivity contribution in [3.05, 3.63) is 76.6 Å². The number of aliphatic carboxylic acids is 1. The van der Waals surface area contributed by atoms with E-state index >= 15 is 0 Å². The van der Waals surface area contributed by atoms with E-state index in [-0.39, 0.29) is 23.8 Å². The maximum Gasteiger partial charge on any atom is 0.387 e. The van der Waals surface area contributed by atoms with Crippen molar-refractivity contribution in [1.82, 2.24) is 24.2 Å². The Morgan fingerprint density at radius 3 is 2.53 bits per heavy atom. The normalized spacial score (nSPS) is 14.3. The number of nitrogens with zero attached hydrogens (tertiary/aromatic N) is 5. The van der Waals surface area contributed by atoms with E-state index in [1.54, 1.807) is 48.4 Å². The lowest BCUT2D eigenvalue weighted by atomic mass is 10.0. The Labute approximate surface area is 204 Å². The third kappa shape index (κ3) is 4.57. The van der Waals surface area contributed by atoms with Gasteiger partial charge in [0.1, 0.15) is 11.6 Å².